The van der Waals surface area contributed by atoms with Gasteiger partial charge in [-0.3, -0.25) is 0 Å². The highest BCUT2D eigenvalue weighted by atomic mass is 19.1. The Kier molecular flexibility index (Phi) is 3.54. The molecule has 0 aliphatic rings. The highest BCUT2D eigenvalue weighted by Crippen LogP contribution is 2.23. The number of carbonyl (C=O) groups is 1. The Bertz CT molecular complexity index is 356. The first kappa shape index (κ1) is 11.4. The molecule has 0 fully saturated rings. The van der Waals surface area contributed by atoms with E-state index in [1.54, 1.807) is 0 Å². The van der Waals surface area contributed by atoms with Gasteiger partial charge in [0.25, 0.3) is 0 Å². The Hall–Kier alpha value is -1.72. The van der Waals surface area contributed by atoms with Crippen LogP contribution in [0.1, 0.15) is 10.4 Å². The van der Waals surface area contributed by atoms with Crippen LogP contribution in [0.5, 0.6) is 5.75 Å². The van der Waals surface area contributed by atoms with Crippen LogP contribution in [0.25, 0.3) is 0 Å². The second-order valence-electron chi connectivity index (χ2n) is 2.61. The molecular weight excluding hydrogens is 213 g/mol. The van der Waals surface area contributed by atoms with Crippen LogP contribution in [0.3, 0.4) is 0 Å². The lowest BCUT2D eigenvalue weighted by molar-refractivity contribution is 0.0695. The summed E-state index contributed by atoms with van der Waals surface area (Å²) >= 11 is 0. The summed E-state index contributed by atoms with van der Waals surface area (Å²) in [5.41, 5.74) is -0.530. The molecule has 0 atom stereocenters. The molecule has 1 N–H and O–H groups in total. The van der Waals surface area contributed by atoms with Gasteiger partial charge in [0, 0.05) is 0 Å². The molecular formula is C9H7F3O3. The monoisotopic (exact) mass is 220 g/mol. The average molecular weight is 220 g/mol. The maximum Gasteiger partial charge on any atom is 0.335 e. The highest BCUT2D eigenvalue weighted by Gasteiger charge is 2.15. The smallest absolute Gasteiger partial charge is 0.335 e. The van der Waals surface area contributed by atoms with Gasteiger partial charge in [0.2, 0.25) is 0 Å². The average Bonchev–Trinajstić information content (AvgIpc) is 2.16. The van der Waals surface area contributed by atoms with Crippen molar-refractivity contribution in [1.82, 2.24) is 0 Å². The Morgan fingerprint density at radius 2 is 1.87 bits per heavy atom. The van der Waals surface area contributed by atoms with Crippen LogP contribution < -0.4 is 4.74 Å². The summed E-state index contributed by atoms with van der Waals surface area (Å²) in [6.45, 7) is -1.38. The predicted molar refractivity (Wildman–Crippen MR) is 44.8 cm³/mol. The molecule has 82 valence electrons. The van der Waals surface area contributed by atoms with E-state index in [0.29, 0.717) is 12.1 Å². The van der Waals surface area contributed by atoms with Gasteiger partial charge in [-0.15, -0.1) is 0 Å². The predicted octanol–water partition coefficient (Wildman–Crippen LogP) is 2.01. The zero-order valence-corrected chi connectivity index (χ0v) is 7.47. The molecule has 0 aliphatic carbocycles. The minimum atomic E-state index is -1.45. The van der Waals surface area contributed by atoms with Gasteiger partial charge in [0.15, 0.2) is 17.4 Å². The van der Waals surface area contributed by atoms with Gasteiger partial charge in [0.1, 0.15) is 13.3 Å². The van der Waals surface area contributed by atoms with Crippen molar-refractivity contribution < 1.29 is 27.8 Å². The number of aromatic carboxylic acids is 1. The van der Waals surface area contributed by atoms with Crippen molar-refractivity contribution in [3.8, 4) is 5.75 Å². The van der Waals surface area contributed by atoms with E-state index >= 15 is 0 Å². The summed E-state index contributed by atoms with van der Waals surface area (Å²) in [5.74, 6) is -4.55. The number of carboxylic acids is 1. The minimum absolute atomic E-state index is 0.486. The van der Waals surface area contributed by atoms with Crippen LogP contribution in [-0.2, 0) is 0 Å². The maximum atomic E-state index is 13.0. The van der Waals surface area contributed by atoms with Gasteiger partial charge in [0.05, 0.1) is 5.56 Å². The second kappa shape index (κ2) is 4.68. The van der Waals surface area contributed by atoms with Crippen molar-refractivity contribution in [1.29, 1.82) is 0 Å². The Morgan fingerprint density at radius 1 is 1.33 bits per heavy atom. The topological polar surface area (TPSA) is 46.5 Å². The van der Waals surface area contributed by atoms with Crippen molar-refractivity contribution in [2.75, 3.05) is 13.3 Å². The molecule has 15 heavy (non-hydrogen) atoms. The number of alkyl halides is 1. The lowest BCUT2D eigenvalue weighted by Gasteiger charge is -2.06. The van der Waals surface area contributed by atoms with Gasteiger partial charge in [-0.2, -0.15) is 0 Å². The first-order chi connectivity index (χ1) is 7.06. The third kappa shape index (κ3) is 2.61. The maximum absolute atomic E-state index is 13.0. The van der Waals surface area contributed by atoms with Crippen LogP contribution in [0, 0.1) is 11.6 Å². The van der Waals surface area contributed by atoms with E-state index in [1.165, 1.54) is 0 Å². The largest absolute Gasteiger partial charge is 0.485 e. The first-order valence-electron chi connectivity index (χ1n) is 3.97. The van der Waals surface area contributed by atoms with Gasteiger partial charge < -0.3 is 9.84 Å². The van der Waals surface area contributed by atoms with Crippen molar-refractivity contribution in [2.24, 2.45) is 0 Å². The third-order valence-electron chi connectivity index (χ3n) is 1.57. The van der Waals surface area contributed by atoms with E-state index in [1.807, 2.05) is 0 Å². The number of carboxylic acid groups (broad SMARTS) is 1. The Labute approximate surface area is 83.1 Å². The summed E-state index contributed by atoms with van der Waals surface area (Å²) in [6.07, 6.45) is 0. The van der Waals surface area contributed by atoms with Crippen LogP contribution in [-0.4, -0.2) is 24.4 Å². The first-order valence-corrected chi connectivity index (χ1v) is 3.97. The summed E-state index contributed by atoms with van der Waals surface area (Å²) in [5, 5.41) is 8.47. The fraction of sp³-hybridized carbons (Fsp3) is 0.222. The molecule has 1 rings (SSSR count). The van der Waals surface area contributed by atoms with E-state index in [0.717, 1.165) is 0 Å². The van der Waals surface area contributed by atoms with Crippen LogP contribution >= 0.6 is 0 Å². The minimum Gasteiger partial charge on any atom is -0.485 e. The molecule has 0 amide bonds. The van der Waals surface area contributed by atoms with E-state index in [4.69, 9.17) is 5.11 Å². The number of hydrogen-bond acceptors (Lipinski definition) is 2. The van der Waals surface area contributed by atoms with Crippen molar-refractivity contribution in [2.45, 2.75) is 0 Å². The standard InChI is InChI=1S/C9H7F3O3/c10-1-2-15-8-6(11)3-5(9(13)14)4-7(8)12/h3-4H,1-2H2,(H,13,14). The van der Waals surface area contributed by atoms with Gasteiger partial charge in [-0.05, 0) is 12.1 Å². The molecule has 0 unspecified atom stereocenters. The SMILES string of the molecule is O=C(O)c1cc(F)c(OCCF)c(F)c1. The molecule has 0 bridgehead atoms. The van der Waals surface area contributed by atoms with Crippen LogP contribution in [0.2, 0.25) is 0 Å². The molecule has 0 aliphatic heterocycles. The van der Waals surface area contributed by atoms with Crippen LogP contribution in [0.15, 0.2) is 12.1 Å². The molecule has 0 aromatic heterocycles. The summed E-state index contributed by atoms with van der Waals surface area (Å²) in [7, 11) is 0. The van der Waals surface area contributed by atoms with Crippen molar-refractivity contribution in [3.05, 3.63) is 29.3 Å². The van der Waals surface area contributed by atoms with E-state index in [9.17, 15) is 18.0 Å². The lowest BCUT2D eigenvalue weighted by atomic mass is 10.2. The van der Waals surface area contributed by atoms with Gasteiger partial charge in [-0.1, -0.05) is 0 Å². The fourth-order valence-electron chi connectivity index (χ4n) is 0.962. The Morgan fingerprint density at radius 3 is 2.27 bits per heavy atom. The molecule has 1 aromatic rings. The second-order valence-corrected chi connectivity index (χ2v) is 2.61. The number of hydrogen-bond donors (Lipinski definition) is 1. The molecule has 0 spiro atoms. The van der Waals surface area contributed by atoms with E-state index in [2.05, 4.69) is 4.74 Å². The van der Waals surface area contributed by atoms with Crippen molar-refractivity contribution in [3.63, 3.8) is 0 Å². The molecule has 0 heterocycles. The fourth-order valence-corrected chi connectivity index (χ4v) is 0.962. The molecule has 0 radical (unpaired) electrons. The van der Waals surface area contributed by atoms with Crippen molar-refractivity contribution >= 4 is 5.97 Å². The quantitative estimate of drug-likeness (QED) is 0.844. The number of rotatable bonds is 4. The molecule has 0 saturated heterocycles. The van der Waals surface area contributed by atoms with Crippen LogP contribution in [0.4, 0.5) is 13.2 Å². The molecule has 3 nitrogen and oxygen atoms in total. The molecule has 0 saturated carbocycles. The normalized spacial score (nSPS) is 10.1. The summed E-state index contributed by atoms with van der Waals surface area (Å²) in [4.78, 5) is 10.4. The number of benzene rings is 1. The highest BCUT2D eigenvalue weighted by molar-refractivity contribution is 5.87. The number of ether oxygens (including phenoxy) is 1. The van der Waals surface area contributed by atoms with E-state index in [-0.39, 0.29) is 0 Å². The number of halogens is 3. The Balaban J connectivity index is 3.04. The summed E-state index contributed by atoms with van der Waals surface area (Å²) < 4.78 is 42.2. The summed E-state index contributed by atoms with van der Waals surface area (Å²) in [6, 6.07) is 1.22. The zero-order chi connectivity index (χ0) is 11.4. The lowest BCUT2D eigenvalue weighted by Crippen LogP contribution is -2.05. The van der Waals surface area contributed by atoms with E-state index < -0.39 is 42.2 Å². The van der Waals surface area contributed by atoms with Gasteiger partial charge in [-0.25, -0.2) is 18.0 Å². The third-order valence-corrected chi connectivity index (χ3v) is 1.57. The zero-order valence-electron chi connectivity index (χ0n) is 7.47. The van der Waals surface area contributed by atoms with Gasteiger partial charge >= 0.3 is 5.97 Å². The molecule has 6 heteroatoms. The molecule has 1 aromatic carbocycles.